The highest BCUT2D eigenvalue weighted by Gasteiger charge is 2.36. The Balaban J connectivity index is 2.33. The van der Waals surface area contributed by atoms with Crippen molar-refractivity contribution in [3.63, 3.8) is 0 Å². The third-order valence-corrected chi connectivity index (χ3v) is 5.35. The van der Waals surface area contributed by atoms with E-state index in [0.29, 0.717) is 19.4 Å². The molecule has 1 N–H and O–H groups in total. The van der Waals surface area contributed by atoms with E-state index >= 15 is 0 Å². The minimum absolute atomic E-state index is 0.296. The highest BCUT2D eigenvalue weighted by molar-refractivity contribution is 7.89. The molecule has 0 amide bonds. The quantitative estimate of drug-likeness (QED) is 0.916. The van der Waals surface area contributed by atoms with Crippen molar-refractivity contribution in [2.24, 2.45) is 0 Å². The lowest BCUT2D eigenvalue weighted by Crippen LogP contribution is -2.45. The number of halogens is 1. The molecule has 0 spiro atoms. The molecule has 5 nitrogen and oxygen atoms in total. The number of piperidine rings is 1. The smallest absolute Gasteiger partial charge is 0.263 e. The van der Waals surface area contributed by atoms with Crippen LogP contribution in [-0.4, -0.2) is 41.5 Å². The molecule has 1 aromatic rings. The largest absolute Gasteiger partial charge is 0.393 e. The standard InChI is InChI=1S/C13H19FN2O3S/c1-10(17)9-11-5-2-3-8-16(11)20(18,19)13-12(14)6-4-7-15-13/h4,6-7,10-11,17H,2-3,5,8-9H2,1H3. The van der Waals surface area contributed by atoms with Crippen LogP contribution in [0.4, 0.5) is 4.39 Å². The van der Waals surface area contributed by atoms with Crippen molar-refractivity contribution >= 4 is 10.0 Å². The Morgan fingerprint density at radius 1 is 1.55 bits per heavy atom. The fraction of sp³-hybridized carbons (Fsp3) is 0.615. The van der Waals surface area contributed by atoms with Crippen LogP contribution in [0.25, 0.3) is 0 Å². The second-order valence-electron chi connectivity index (χ2n) is 5.14. The van der Waals surface area contributed by atoms with Gasteiger partial charge in [0.05, 0.1) is 6.10 Å². The molecular formula is C13H19FN2O3S. The summed E-state index contributed by atoms with van der Waals surface area (Å²) in [6.07, 6.45) is 3.36. The molecule has 2 unspecified atom stereocenters. The van der Waals surface area contributed by atoms with Gasteiger partial charge < -0.3 is 5.11 Å². The fourth-order valence-corrected chi connectivity index (χ4v) is 4.28. The predicted molar refractivity (Wildman–Crippen MR) is 72.0 cm³/mol. The van der Waals surface area contributed by atoms with E-state index in [4.69, 9.17) is 0 Å². The van der Waals surface area contributed by atoms with Crippen LogP contribution in [0.5, 0.6) is 0 Å². The number of hydrogen-bond donors (Lipinski definition) is 1. The zero-order chi connectivity index (χ0) is 14.8. The summed E-state index contributed by atoms with van der Waals surface area (Å²) in [7, 11) is -3.95. The first-order valence-corrected chi connectivity index (χ1v) is 8.17. The summed E-state index contributed by atoms with van der Waals surface area (Å²) in [6.45, 7) is 1.97. The number of aromatic nitrogens is 1. The Hall–Kier alpha value is -1.05. The lowest BCUT2D eigenvalue weighted by Gasteiger charge is -2.35. The minimum atomic E-state index is -3.95. The van der Waals surface area contributed by atoms with Crippen molar-refractivity contribution < 1.29 is 17.9 Å². The topological polar surface area (TPSA) is 70.5 Å². The third-order valence-electron chi connectivity index (χ3n) is 3.46. The van der Waals surface area contributed by atoms with E-state index in [0.717, 1.165) is 18.9 Å². The van der Waals surface area contributed by atoms with Gasteiger partial charge in [0, 0.05) is 18.8 Å². The SMILES string of the molecule is CC(O)CC1CCCCN1S(=O)(=O)c1ncccc1F. The van der Waals surface area contributed by atoms with Crippen molar-refractivity contribution in [3.8, 4) is 0 Å². The van der Waals surface area contributed by atoms with Gasteiger partial charge in [-0.2, -0.15) is 4.31 Å². The van der Waals surface area contributed by atoms with Gasteiger partial charge in [-0.1, -0.05) is 6.42 Å². The molecule has 0 saturated carbocycles. The molecule has 1 aliphatic heterocycles. The first-order valence-electron chi connectivity index (χ1n) is 6.73. The first-order chi connectivity index (χ1) is 9.43. The Kier molecular flexibility index (Phi) is 4.72. The van der Waals surface area contributed by atoms with E-state index in [9.17, 15) is 17.9 Å². The van der Waals surface area contributed by atoms with Gasteiger partial charge in [-0.3, -0.25) is 0 Å². The minimum Gasteiger partial charge on any atom is -0.393 e. The van der Waals surface area contributed by atoms with Gasteiger partial charge in [0.25, 0.3) is 10.0 Å². The summed E-state index contributed by atoms with van der Waals surface area (Å²) >= 11 is 0. The number of hydrogen-bond acceptors (Lipinski definition) is 4. The predicted octanol–water partition coefficient (Wildman–Crippen LogP) is 1.53. The molecule has 0 aromatic carbocycles. The van der Waals surface area contributed by atoms with Crippen molar-refractivity contribution in [3.05, 3.63) is 24.1 Å². The van der Waals surface area contributed by atoms with Gasteiger partial charge >= 0.3 is 0 Å². The van der Waals surface area contributed by atoms with Crippen molar-refractivity contribution in [1.29, 1.82) is 0 Å². The number of nitrogens with zero attached hydrogens (tertiary/aromatic N) is 2. The zero-order valence-electron chi connectivity index (χ0n) is 11.4. The number of sulfonamides is 1. The number of pyridine rings is 1. The maximum Gasteiger partial charge on any atom is 0.263 e. The van der Waals surface area contributed by atoms with Crippen LogP contribution >= 0.6 is 0 Å². The van der Waals surface area contributed by atoms with Crippen LogP contribution in [-0.2, 0) is 10.0 Å². The van der Waals surface area contributed by atoms with Crippen LogP contribution in [0.1, 0.15) is 32.6 Å². The third kappa shape index (κ3) is 3.16. The molecule has 1 saturated heterocycles. The van der Waals surface area contributed by atoms with E-state index in [-0.39, 0.29) is 6.04 Å². The average molecular weight is 302 g/mol. The lowest BCUT2D eigenvalue weighted by molar-refractivity contribution is 0.131. The Morgan fingerprint density at radius 3 is 2.95 bits per heavy atom. The van der Waals surface area contributed by atoms with E-state index in [1.807, 2.05) is 0 Å². The van der Waals surface area contributed by atoms with Crippen LogP contribution in [0.2, 0.25) is 0 Å². The molecule has 1 aliphatic rings. The summed E-state index contributed by atoms with van der Waals surface area (Å²) in [5, 5.41) is 8.97. The van der Waals surface area contributed by atoms with Crippen LogP contribution in [0, 0.1) is 5.82 Å². The highest BCUT2D eigenvalue weighted by Crippen LogP contribution is 2.27. The van der Waals surface area contributed by atoms with Crippen LogP contribution in [0.15, 0.2) is 23.4 Å². The zero-order valence-corrected chi connectivity index (χ0v) is 12.2. The molecule has 1 fully saturated rings. The van der Waals surface area contributed by atoms with Gasteiger partial charge in [-0.25, -0.2) is 17.8 Å². The van der Waals surface area contributed by atoms with E-state index in [1.165, 1.54) is 16.6 Å². The van der Waals surface area contributed by atoms with Gasteiger partial charge in [-0.15, -0.1) is 0 Å². The molecule has 0 radical (unpaired) electrons. The number of rotatable bonds is 4. The van der Waals surface area contributed by atoms with Crippen molar-refractivity contribution in [1.82, 2.24) is 9.29 Å². The lowest BCUT2D eigenvalue weighted by atomic mass is 10.00. The second kappa shape index (κ2) is 6.15. The van der Waals surface area contributed by atoms with Crippen LogP contribution < -0.4 is 0 Å². The monoisotopic (exact) mass is 302 g/mol. The molecule has 0 aliphatic carbocycles. The summed E-state index contributed by atoms with van der Waals surface area (Å²) in [5.41, 5.74) is 0. The average Bonchev–Trinajstić information content (AvgIpc) is 2.38. The maximum atomic E-state index is 13.7. The summed E-state index contributed by atoms with van der Waals surface area (Å²) < 4.78 is 40.1. The maximum absolute atomic E-state index is 13.7. The Bertz CT molecular complexity index is 562. The van der Waals surface area contributed by atoms with Crippen molar-refractivity contribution in [2.75, 3.05) is 6.54 Å². The summed E-state index contributed by atoms with van der Waals surface area (Å²) in [5.74, 6) is -0.839. The van der Waals surface area contributed by atoms with Gasteiger partial charge in [-0.05, 0) is 38.3 Å². The molecule has 2 atom stereocenters. The van der Waals surface area contributed by atoms with E-state index in [2.05, 4.69) is 4.98 Å². The molecule has 1 aromatic heterocycles. The molecular weight excluding hydrogens is 283 g/mol. The van der Waals surface area contributed by atoms with Gasteiger partial charge in [0.2, 0.25) is 5.03 Å². The Labute approximate surface area is 118 Å². The fourth-order valence-electron chi connectivity index (χ4n) is 2.59. The molecule has 112 valence electrons. The van der Waals surface area contributed by atoms with Gasteiger partial charge in [0.1, 0.15) is 0 Å². The number of aliphatic hydroxyl groups is 1. The first kappa shape index (κ1) is 15.3. The van der Waals surface area contributed by atoms with E-state index < -0.39 is 27.0 Å². The molecule has 2 heterocycles. The molecule has 2 rings (SSSR count). The molecule has 7 heteroatoms. The van der Waals surface area contributed by atoms with E-state index in [1.54, 1.807) is 6.92 Å². The second-order valence-corrected chi connectivity index (χ2v) is 6.95. The van der Waals surface area contributed by atoms with Crippen molar-refractivity contribution in [2.45, 2.75) is 49.8 Å². The summed E-state index contributed by atoms with van der Waals surface area (Å²) in [4.78, 5) is 3.67. The molecule has 20 heavy (non-hydrogen) atoms. The summed E-state index contributed by atoms with van der Waals surface area (Å²) in [6, 6.07) is 2.15. The normalized spacial score (nSPS) is 22.6. The van der Waals surface area contributed by atoms with Gasteiger partial charge in [0.15, 0.2) is 5.82 Å². The molecule has 0 bridgehead atoms. The highest BCUT2D eigenvalue weighted by atomic mass is 32.2. The Morgan fingerprint density at radius 2 is 2.30 bits per heavy atom. The number of aliphatic hydroxyl groups excluding tert-OH is 1. The van der Waals surface area contributed by atoms with Crippen LogP contribution in [0.3, 0.4) is 0 Å².